The minimum absolute atomic E-state index is 0.0825. The summed E-state index contributed by atoms with van der Waals surface area (Å²) >= 11 is 12.1. The highest BCUT2D eigenvalue weighted by Crippen LogP contribution is 2.35. The summed E-state index contributed by atoms with van der Waals surface area (Å²) in [7, 11) is 0. The maximum Gasteiger partial charge on any atom is 0.344 e. The normalized spacial score (nSPS) is 22.9. The Morgan fingerprint density at radius 3 is 2.42 bits per heavy atom. The van der Waals surface area contributed by atoms with Gasteiger partial charge in [0.1, 0.15) is 6.10 Å². The molecule has 6 heteroatoms. The van der Waals surface area contributed by atoms with E-state index in [0.717, 1.165) is 19.3 Å². The number of carbonyl (C=O) groups excluding carboxylic acids is 2. The summed E-state index contributed by atoms with van der Waals surface area (Å²) in [6, 6.07) is 5.01. The summed E-state index contributed by atoms with van der Waals surface area (Å²) < 4.78 is 10.7. The van der Waals surface area contributed by atoms with E-state index in [1.807, 2.05) is 0 Å². The number of carbonyl (C=O) groups is 2. The maximum atomic E-state index is 12.1. The Morgan fingerprint density at radius 1 is 1.15 bits per heavy atom. The molecular weight excluding hydrogens is 375 g/mol. The van der Waals surface area contributed by atoms with Crippen molar-refractivity contribution >= 4 is 35.1 Å². The first-order chi connectivity index (χ1) is 12.3. The lowest BCUT2D eigenvalue weighted by atomic mass is 9.75. The van der Waals surface area contributed by atoms with Crippen LogP contribution in [0.1, 0.15) is 45.6 Å². The highest BCUT2D eigenvalue weighted by atomic mass is 35.5. The molecule has 1 aliphatic carbocycles. The average molecular weight is 401 g/mol. The Kier molecular flexibility index (Phi) is 7.78. The minimum Gasteiger partial charge on any atom is -0.460 e. The number of ether oxygens (including phenoxy) is 2. The molecule has 0 spiro atoms. The van der Waals surface area contributed by atoms with E-state index in [9.17, 15) is 9.59 Å². The van der Waals surface area contributed by atoms with Gasteiger partial charge in [-0.05, 0) is 42.7 Å². The quantitative estimate of drug-likeness (QED) is 0.624. The molecule has 0 N–H and O–H groups in total. The molecule has 1 saturated carbocycles. The van der Waals surface area contributed by atoms with E-state index in [1.165, 1.54) is 0 Å². The third kappa shape index (κ3) is 5.88. The van der Waals surface area contributed by atoms with Gasteiger partial charge < -0.3 is 9.47 Å². The van der Waals surface area contributed by atoms with Crippen LogP contribution in [0.25, 0.3) is 0 Å². The van der Waals surface area contributed by atoms with Crippen molar-refractivity contribution in [1.82, 2.24) is 0 Å². The Morgan fingerprint density at radius 2 is 1.81 bits per heavy atom. The molecular formula is C20H26Cl2O4. The van der Waals surface area contributed by atoms with Crippen LogP contribution in [0.15, 0.2) is 18.2 Å². The third-order valence-corrected chi connectivity index (χ3v) is 5.69. The van der Waals surface area contributed by atoms with Gasteiger partial charge in [0.25, 0.3) is 0 Å². The molecule has 3 atom stereocenters. The van der Waals surface area contributed by atoms with Crippen molar-refractivity contribution in [1.29, 1.82) is 0 Å². The number of hydrogen-bond acceptors (Lipinski definition) is 4. The second-order valence-electron chi connectivity index (χ2n) is 7.39. The molecule has 0 bridgehead atoms. The predicted octanol–water partition coefficient (Wildman–Crippen LogP) is 5.08. The first-order valence-corrected chi connectivity index (χ1v) is 9.81. The van der Waals surface area contributed by atoms with Crippen molar-refractivity contribution in [3.8, 4) is 0 Å². The molecule has 26 heavy (non-hydrogen) atoms. The number of benzene rings is 1. The molecule has 0 unspecified atom stereocenters. The number of esters is 2. The summed E-state index contributed by atoms with van der Waals surface area (Å²) in [5.74, 6) is 0.272. The molecule has 1 aromatic rings. The van der Waals surface area contributed by atoms with Gasteiger partial charge in [-0.1, -0.05) is 56.5 Å². The molecule has 1 aliphatic rings. The SMILES string of the molecule is CC(C)[C@@H]1CC[C@H](C)C[C@@H]1OC(=O)COC(=O)Cc1c(Cl)cccc1Cl. The fourth-order valence-electron chi connectivity index (χ4n) is 3.49. The zero-order chi connectivity index (χ0) is 19.3. The van der Waals surface area contributed by atoms with Crippen molar-refractivity contribution in [2.24, 2.45) is 17.8 Å². The van der Waals surface area contributed by atoms with Crippen LogP contribution in [-0.2, 0) is 25.5 Å². The van der Waals surface area contributed by atoms with Crippen LogP contribution in [0.2, 0.25) is 10.0 Å². The first-order valence-electron chi connectivity index (χ1n) is 9.06. The van der Waals surface area contributed by atoms with Gasteiger partial charge in [0, 0.05) is 15.6 Å². The Hall–Kier alpha value is -1.26. The van der Waals surface area contributed by atoms with Crippen molar-refractivity contribution in [2.75, 3.05) is 6.61 Å². The fraction of sp³-hybridized carbons (Fsp3) is 0.600. The van der Waals surface area contributed by atoms with E-state index in [1.54, 1.807) is 18.2 Å². The van der Waals surface area contributed by atoms with Gasteiger partial charge in [-0.15, -0.1) is 0 Å². The molecule has 0 aromatic heterocycles. The van der Waals surface area contributed by atoms with Crippen molar-refractivity contribution < 1.29 is 19.1 Å². The molecule has 1 aromatic carbocycles. The molecule has 0 amide bonds. The molecule has 4 nitrogen and oxygen atoms in total. The molecule has 144 valence electrons. The lowest BCUT2D eigenvalue weighted by Gasteiger charge is -2.36. The van der Waals surface area contributed by atoms with E-state index < -0.39 is 18.5 Å². The topological polar surface area (TPSA) is 52.6 Å². The molecule has 0 radical (unpaired) electrons. The van der Waals surface area contributed by atoms with E-state index in [2.05, 4.69) is 20.8 Å². The van der Waals surface area contributed by atoms with Gasteiger partial charge in [0.05, 0.1) is 6.42 Å². The predicted molar refractivity (Wildman–Crippen MR) is 102 cm³/mol. The summed E-state index contributed by atoms with van der Waals surface area (Å²) in [5.41, 5.74) is 0.496. The van der Waals surface area contributed by atoms with Crippen molar-refractivity contribution in [2.45, 2.75) is 52.6 Å². The third-order valence-electron chi connectivity index (χ3n) is 4.98. The Bertz CT molecular complexity index is 624. The molecule has 0 aliphatic heterocycles. The highest BCUT2D eigenvalue weighted by molar-refractivity contribution is 6.36. The number of hydrogen-bond donors (Lipinski definition) is 0. The van der Waals surface area contributed by atoms with Gasteiger partial charge in [-0.2, -0.15) is 0 Å². The average Bonchev–Trinajstić information content (AvgIpc) is 2.56. The van der Waals surface area contributed by atoms with Gasteiger partial charge in [-0.25, -0.2) is 4.79 Å². The number of rotatable bonds is 6. The molecule has 1 fully saturated rings. The van der Waals surface area contributed by atoms with Crippen LogP contribution in [0.3, 0.4) is 0 Å². The zero-order valence-electron chi connectivity index (χ0n) is 15.5. The second kappa shape index (κ2) is 9.61. The molecule has 2 rings (SSSR count). The second-order valence-corrected chi connectivity index (χ2v) is 8.21. The van der Waals surface area contributed by atoms with Crippen molar-refractivity contribution in [3.63, 3.8) is 0 Å². The van der Waals surface area contributed by atoms with E-state index in [0.29, 0.717) is 33.4 Å². The highest BCUT2D eigenvalue weighted by Gasteiger charge is 2.33. The van der Waals surface area contributed by atoms with Crippen LogP contribution in [-0.4, -0.2) is 24.6 Å². The maximum absolute atomic E-state index is 12.1. The zero-order valence-corrected chi connectivity index (χ0v) is 17.0. The summed E-state index contributed by atoms with van der Waals surface area (Å²) in [4.78, 5) is 24.1. The first kappa shape index (κ1) is 21.0. The van der Waals surface area contributed by atoms with Crippen LogP contribution in [0.5, 0.6) is 0 Å². The minimum atomic E-state index is -0.561. The fourth-order valence-corrected chi connectivity index (χ4v) is 4.02. The van der Waals surface area contributed by atoms with Crippen LogP contribution >= 0.6 is 23.2 Å². The van der Waals surface area contributed by atoms with Gasteiger partial charge in [0.2, 0.25) is 0 Å². The van der Waals surface area contributed by atoms with E-state index >= 15 is 0 Å². The van der Waals surface area contributed by atoms with Crippen LogP contribution in [0.4, 0.5) is 0 Å². The largest absolute Gasteiger partial charge is 0.460 e. The van der Waals surface area contributed by atoms with Gasteiger partial charge in [0.15, 0.2) is 6.61 Å². The van der Waals surface area contributed by atoms with E-state index in [-0.39, 0.29) is 12.5 Å². The summed E-state index contributed by atoms with van der Waals surface area (Å²) in [5, 5.41) is 0.793. The molecule has 0 heterocycles. The van der Waals surface area contributed by atoms with Crippen molar-refractivity contribution in [3.05, 3.63) is 33.8 Å². The monoisotopic (exact) mass is 400 g/mol. The Balaban J connectivity index is 1.84. The van der Waals surface area contributed by atoms with E-state index in [4.69, 9.17) is 32.7 Å². The lowest BCUT2D eigenvalue weighted by molar-refractivity contribution is -0.166. The Labute approximate surface area is 165 Å². The summed E-state index contributed by atoms with van der Waals surface area (Å²) in [6.45, 7) is 6.07. The van der Waals surface area contributed by atoms with Crippen LogP contribution in [0, 0.1) is 17.8 Å². The lowest BCUT2D eigenvalue weighted by Crippen LogP contribution is -2.36. The molecule has 0 saturated heterocycles. The standard InChI is InChI=1S/C20H26Cl2O4/c1-12(2)14-8-7-13(3)9-18(14)26-20(24)11-25-19(23)10-15-16(21)5-4-6-17(15)22/h4-6,12-14,18H,7-11H2,1-3H3/t13-,14-,18-/m0/s1. The van der Waals surface area contributed by atoms with Gasteiger partial charge >= 0.3 is 11.9 Å². The van der Waals surface area contributed by atoms with Gasteiger partial charge in [-0.3, -0.25) is 4.79 Å². The van der Waals surface area contributed by atoms with Crippen LogP contribution < -0.4 is 0 Å². The summed E-state index contributed by atoms with van der Waals surface area (Å²) in [6.07, 6.45) is 2.88. The number of halogens is 2. The smallest absolute Gasteiger partial charge is 0.344 e.